The van der Waals surface area contributed by atoms with Crippen molar-refractivity contribution >= 4 is 23.2 Å². The lowest BCUT2D eigenvalue weighted by molar-refractivity contribution is -0.117. The highest BCUT2D eigenvalue weighted by atomic mass is 35.5. The van der Waals surface area contributed by atoms with Gasteiger partial charge in [-0.05, 0) is 18.1 Å². The number of rotatable bonds is 3. The Labute approximate surface area is 104 Å². The smallest absolute Gasteiger partial charge is 0.227 e. The molecular formula is C12H13ClFNO2. The summed E-state index contributed by atoms with van der Waals surface area (Å²) in [6, 6.07) is 4.14. The summed E-state index contributed by atoms with van der Waals surface area (Å²) in [6.07, 6.45) is 0.406. The van der Waals surface area contributed by atoms with Crippen LogP contribution >= 0.6 is 11.6 Å². The lowest BCUT2D eigenvalue weighted by Gasteiger charge is -2.19. The lowest BCUT2D eigenvalue weighted by atomic mass is 10.1. The predicted molar refractivity (Wildman–Crippen MR) is 64.1 cm³/mol. The normalized spacial score (nSPS) is 19.8. The molecule has 1 aliphatic rings. The van der Waals surface area contributed by atoms with Gasteiger partial charge in [-0.1, -0.05) is 0 Å². The fourth-order valence-electron chi connectivity index (χ4n) is 1.99. The largest absolute Gasteiger partial charge is 0.495 e. The quantitative estimate of drug-likeness (QED) is 0.779. The summed E-state index contributed by atoms with van der Waals surface area (Å²) in [5.74, 6) is 0.620. The molecule has 1 aromatic carbocycles. The first kappa shape index (κ1) is 12.2. The Bertz CT molecular complexity index is 439. The van der Waals surface area contributed by atoms with Gasteiger partial charge in [0.1, 0.15) is 11.6 Å². The van der Waals surface area contributed by atoms with E-state index in [9.17, 15) is 9.18 Å². The highest BCUT2D eigenvalue weighted by Crippen LogP contribution is 2.33. The highest BCUT2D eigenvalue weighted by molar-refractivity contribution is 6.18. The topological polar surface area (TPSA) is 29.5 Å². The predicted octanol–water partition coefficient (Wildman–Crippen LogP) is 2.43. The molecule has 0 aliphatic carbocycles. The van der Waals surface area contributed by atoms with Crippen LogP contribution in [0.2, 0.25) is 0 Å². The third-order valence-corrected chi connectivity index (χ3v) is 3.29. The van der Waals surface area contributed by atoms with Crippen LogP contribution in [0, 0.1) is 11.7 Å². The summed E-state index contributed by atoms with van der Waals surface area (Å²) < 4.78 is 18.4. The number of anilines is 1. The summed E-state index contributed by atoms with van der Waals surface area (Å²) >= 11 is 5.75. The van der Waals surface area contributed by atoms with E-state index in [1.54, 1.807) is 0 Å². The van der Waals surface area contributed by atoms with Crippen LogP contribution in [-0.2, 0) is 4.79 Å². The summed E-state index contributed by atoms with van der Waals surface area (Å²) in [5, 5.41) is 0. The lowest BCUT2D eigenvalue weighted by Crippen LogP contribution is -2.25. The van der Waals surface area contributed by atoms with E-state index >= 15 is 0 Å². The van der Waals surface area contributed by atoms with Crippen molar-refractivity contribution in [2.45, 2.75) is 6.42 Å². The van der Waals surface area contributed by atoms with Gasteiger partial charge in [0.25, 0.3) is 0 Å². The minimum absolute atomic E-state index is 0.0421. The SMILES string of the molecule is COc1ccc(F)cc1N1CC(CCl)CC1=O. The maximum Gasteiger partial charge on any atom is 0.227 e. The number of amides is 1. The molecule has 1 saturated heterocycles. The Kier molecular flexibility index (Phi) is 3.52. The van der Waals surface area contributed by atoms with Gasteiger partial charge in [0.15, 0.2) is 0 Å². The minimum Gasteiger partial charge on any atom is -0.495 e. The fourth-order valence-corrected chi connectivity index (χ4v) is 2.20. The number of halogens is 2. The molecule has 1 aliphatic heterocycles. The zero-order valence-corrected chi connectivity index (χ0v) is 10.2. The number of alkyl halides is 1. The van der Waals surface area contributed by atoms with Crippen molar-refractivity contribution in [1.82, 2.24) is 0 Å². The van der Waals surface area contributed by atoms with E-state index in [0.717, 1.165) is 0 Å². The van der Waals surface area contributed by atoms with Crippen LogP contribution in [0.25, 0.3) is 0 Å². The van der Waals surface area contributed by atoms with E-state index in [1.165, 1.54) is 30.2 Å². The van der Waals surface area contributed by atoms with Crippen LogP contribution in [0.1, 0.15) is 6.42 Å². The van der Waals surface area contributed by atoms with Crippen molar-refractivity contribution < 1.29 is 13.9 Å². The van der Waals surface area contributed by atoms with E-state index in [0.29, 0.717) is 30.3 Å². The highest BCUT2D eigenvalue weighted by Gasteiger charge is 2.31. The fraction of sp³-hybridized carbons (Fsp3) is 0.417. The maximum atomic E-state index is 13.2. The second kappa shape index (κ2) is 4.92. The average molecular weight is 258 g/mol. The molecule has 92 valence electrons. The Morgan fingerprint density at radius 2 is 2.35 bits per heavy atom. The molecule has 1 aromatic rings. The van der Waals surface area contributed by atoms with Crippen molar-refractivity contribution in [2.24, 2.45) is 5.92 Å². The number of nitrogens with zero attached hydrogens (tertiary/aromatic N) is 1. The van der Waals surface area contributed by atoms with E-state index in [4.69, 9.17) is 16.3 Å². The summed E-state index contributed by atoms with van der Waals surface area (Å²) in [4.78, 5) is 13.3. The van der Waals surface area contributed by atoms with E-state index in [-0.39, 0.29) is 17.6 Å². The molecule has 2 rings (SSSR count). The summed E-state index contributed by atoms with van der Waals surface area (Å²) in [7, 11) is 1.50. The molecule has 0 spiro atoms. The molecule has 1 amide bonds. The molecule has 1 heterocycles. The third-order valence-electron chi connectivity index (χ3n) is 2.86. The van der Waals surface area contributed by atoms with Gasteiger partial charge in [-0.25, -0.2) is 4.39 Å². The van der Waals surface area contributed by atoms with Gasteiger partial charge in [-0.3, -0.25) is 4.79 Å². The Morgan fingerprint density at radius 1 is 1.59 bits per heavy atom. The molecule has 0 bridgehead atoms. The molecule has 0 N–H and O–H groups in total. The van der Waals surface area contributed by atoms with Crippen molar-refractivity contribution in [3.63, 3.8) is 0 Å². The van der Waals surface area contributed by atoms with Crippen LogP contribution in [0.5, 0.6) is 5.75 Å². The number of benzene rings is 1. The van der Waals surface area contributed by atoms with Gasteiger partial charge in [-0.2, -0.15) is 0 Å². The molecule has 1 unspecified atom stereocenters. The van der Waals surface area contributed by atoms with Crippen molar-refractivity contribution in [3.05, 3.63) is 24.0 Å². The van der Waals surface area contributed by atoms with Gasteiger partial charge in [0.05, 0.1) is 12.8 Å². The number of ether oxygens (including phenoxy) is 1. The Balaban J connectivity index is 2.33. The number of carbonyl (C=O) groups is 1. The van der Waals surface area contributed by atoms with E-state index in [1.807, 2.05) is 0 Å². The average Bonchev–Trinajstić information content (AvgIpc) is 2.70. The van der Waals surface area contributed by atoms with Crippen LogP contribution in [0.3, 0.4) is 0 Å². The minimum atomic E-state index is -0.386. The third kappa shape index (κ3) is 2.36. The first-order valence-electron chi connectivity index (χ1n) is 5.35. The van der Waals surface area contributed by atoms with Crippen molar-refractivity contribution in [3.8, 4) is 5.75 Å². The number of hydrogen-bond donors (Lipinski definition) is 0. The summed E-state index contributed by atoms with van der Waals surface area (Å²) in [6.45, 7) is 0.516. The van der Waals surface area contributed by atoms with Gasteiger partial charge >= 0.3 is 0 Å². The molecule has 5 heteroatoms. The number of carbonyl (C=O) groups excluding carboxylic acids is 1. The van der Waals surface area contributed by atoms with Crippen molar-refractivity contribution in [2.75, 3.05) is 24.4 Å². The standard InChI is InChI=1S/C12H13ClFNO2/c1-17-11-3-2-9(14)5-10(11)15-7-8(6-13)4-12(15)16/h2-3,5,8H,4,6-7H2,1H3. The maximum absolute atomic E-state index is 13.2. The molecule has 0 saturated carbocycles. The zero-order valence-electron chi connectivity index (χ0n) is 9.45. The molecule has 1 atom stereocenters. The van der Waals surface area contributed by atoms with E-state index < -0.39 is 0 Å². The van der Waals surface area contributed by atoms with Crippen LogP contribution in [-0.4, -0.2) is 25.4 Å². The first-order chi connectivity index (χ1) is 8.15. The van der Waals surface area contributed by atoms with Crippen LogP contribution in [0.15, 0.2) is 18.2 Å². The van der Waals surface area contributed by atoms with Crippen LogP contribution in [0.4, 0.5) is 10.1 Å². The molecule has 0 radical (unpaired) electrons. The molecule has 1 fully saturated rings. The van der Waals surface area contributed by atoms with Crippen molar-refractivity contribution in [1.29, 1.82) is 0 Å². The van der Waals surface area contributed by atoms with E-state index in [2.05, 4.69) is 0 Å². The Hall–Kier alpha value is -1.29. The second-order valence-electron chi connectivity index (χ2n) is 4.04. The number of methoxy groups -OCH3 is 1. The Morgan fingerprint density at radius 3 is 2.94 bits per heavy atom. The second-order valence-corrected chi connectivity index (χ2v) is 4.35. The van der Waals surface area contributed by atoms with Gasteiger partial charge < -0.3 is 9.64 Å². The molecular weight excluding hydrogens is 245 g/mol. The van der Waals surface area contributed by atoms with Gasteiger partial charge in [-0.15, -0.1) is 11.6 Å². The molecule has 17 heavy (non-hydrogen) atoms. The monoisotopic (exact) mass is 257 g/mol. The van der Waals surface area contributed by atoms with Crippen LogP contribution < -0.4 is 9.64 Å². The molecule has 0 aromatic heterocycles. The summed E-state index contributed by atoms with van der Waals surface area (Å²) in [5.41, 5.74) is 0.477. The molecule has 3 nitrogen and oxygen atoms in total. The zero-order chi connectivity index (χ0) is 12.4. The number of hydrogen-bond acceptors (Lipinski definition) is 2. The first-order valence-corrected chi connectivity index (χ1v) is 5.89. The van der Waals surface area contributed by atoms with Gasteiger partial charge in [0.2, 0.25) is 5.91 Å². The van der Waals surface area contributed by atoms with Gasteiger partial charge in [0, 0.05) is 24.9 Å².